The summed E-state index contributed by atoms with van der Waals surface area (Å²) in [5.74, 6) is -0.928. The fraction of sp³-hybridized carbons (Fsp3) is 1.00. The molecular formula is C8H18O8S2. The van der Waals surface area contributed by atoms with Crippen LogP contribution in [0.1, 0.15) is 12.8 Å². The van der Waals surface area contributed by atoms with Crippen molar-refractivity contribution < 1.29 is 35.4 Å². The fourth-order valence-corrected chi connectivity index (χ4v) is 2.34. The van der Waals surface area contributed by atoms with Gasteiger partial charge in [0.05, 0.1) is 37.9 Å². The molecular weight excluding hydrogens is 288 g/mol. The summed E-state index contributed by atoms with van der Waals surface area (Å²) in [4.78, 5) is 0. The minimum atomic E-state index is -3.70. The summed E-state index contributed by atoms with van der Waals surface area (Å²) < 4.78 is 52.9. The van der Waals surface area contributed by atoms with Gasteiger partial charge in [-0.1, -0.05) is 0 Å². The van der Waals surface area contributed by atoms with E-state index in [-0.39, 0.29) is 13.2 Å². The first-order valence-electron chi connectivity index (χ1n) is 5.29. The van der Waals surface area contributed by atoms with Gasteiger partial charge in [-0.15, -0.1) is 0 Å². The zero-order valence-electron chi connectivity index (χ0n) is 9.82. The molecule has 0 aliphatic heterocycles. The molecule has 0 fully saturated rings. The first-order chi connectivity index (χ1) is 8.33. The highest BCUT2D eigenvalue weighted by Crippen LogP contribution is 2.00. The molecule has 18 heavy (non-hydrogen) atoms. The lowest BCUT2D eigenvalue weighted by atomic mass is 10.3. The van der Waals surface area contributed by atoms with E-state index < -0.39 is 45.0 Å². The van der Waals surface area contributed by atoms with E-state index in [1.54, 1.807) is 0 Å². The molecule has 0 amide bonds. The minimum Gasteiger partial charge on any atom is -0.395 e. The van der Waals surface area contributed by atoms with E-state index in [1.165, 1.54) is 0 Å². The SMILES string of the molecule is O=S(=O)(CCO)OCCCCOS(=O)(=O)CCO. The van der Waals surface area contributed by atoms with Crippen LogP contribution in [0.3, 0.4) is 0 Å². The third-order valence-corrected chi connectivity index (χ3v) is 4.16. The second-order valence-corrected chi connectivity index (χ2v) is 6.84. The maximum Gasteiger partial charge on any atom is 0.269 e. The molecule has 0 aromatic rings. The zero-order valence-corrected chi connectivity index (χ0v) is 11.5. The number of rotatable bonds is 11. The van der Waals surface area contributed by atoms with Gasteiger partial charge < -0.3 is 10.2 Å². The molecule has 8 nitrogen and oxygen atoms in total. The summed E-state index contributed by atoms with van der Waals surface area (Å²) in [5.41, 5.74) is 0. The van der Waals surface area contributed by atoms with E-state index in [0.29, 0.717) is 12.8 Å². The summed E-state index contributed by atoms with van der Waals surface area (Å²) in [5, 5.41) is 16.8. The molecule has 0 heterocycles. The van der Waals surface area contributed by atoms with Crippen molar-refractivity contribution in [3.05, 3.63) is 0 Å². The van der Waals surface area contributed by atoms with Crippen molar-refractivity contribution in [1.29, 1.82) is 0 Å². The lowest BCUT2D eigenvalue weighted by Crippen LogP contribution is -2.16. The van der Waals surface area contributed by atoms with Gasteiger partial charge in [0.15, 0.2) is 0 Å². The third kappa shape index (κ3) is 9.74. The topological polar surface area (TPSA) is 127 Å². The molecule has 0 unspecified atom stereocenters. The molecule has 0 atom stereocenters. The molecule has 0 spiro atoms. The lowest BCUT2D eigenvalue weighted by Gasteiger charge is -2.05. The number of hydrogen-bond acceptors (Lipinski definition) is 8. The van der Waals surface area contributed by atoms with Gasteiger partial charge in [0, 0.05) is 0 Å². The largest absolute Gasteiger partial charge is 0.395 e. The van der Waals surface area contributed by atoms with Crippen LogP contribution in [0.4, 0.5) is 0 Å². The Morgan fingerprint density at radius 1 is 0.722 bits per heavy atom. The van der Waals surface area contributed by atoms with E-state index in [0.717, 1.165) is 0 Å². The normalized spacial score (nSPS) is 12.8. The van der Waals surface area contributed by atoms with Crippen molar-refractivity contribution in [2.24, 2.45) is 0 Å². The summed E-state index contributed by atoms with van der Waals surface area (Å²) in [6, 6.07) is 0. The highest BCUT2D eigenvalue weighted by atomic mass is 32.2. The third-order valence-electron chi connectivity index (χ3n) is 1.75. The number of unbranched alkanes of at least 4 members (excludes halogenated alkanes) is 1. The Hall–Kier alpha value is -0.260. The van der Waals surface area contributed by atoms with Crippen LogP contribution in [-0.4, -0.2) is 65.0 Å². The molecule has 0 saturated heterocycles. The molecule has 0 saturated carbocycles. The van der Waals surface area contributed by atoms with Crippen LogP contribution < -0.4 is 0 Å². The van der Waals surface area contributed by atoms with Gasteiger partial charge in [0.2, 0.25) is 0 Å². The number of aliphatic hydroxyl groups is 2. The van der Waals surface area contributed by atoms with E-state index in [4.69, 9.17) is 10.2 Å². The average Bonchev–Trinajstić information content (AvgIpc) is 2.22. The van der Waals surface area contributed by atoms with Gasteiger partial charge in [-0.25, -0.2) is 0 Å². The van der Waals surface area contributed by atoms with Crippen LogP contribution in [0.5, 0.6) is 0 Å². The van der Waals surface area contributed by atoms with Crippen molar-refractivity contribution in [2.45, 2.75) is 12.8 Å². The van der Waals surface area contributed by atoms with Crippen LogP contribution in [0.25, 0.3) is 0 Å². The Morgan fingerprint density at radius 3 is 1.33 bits per heavy atom. The smallest absolute Gasteiger partial charge is 0.269 e. The van der Waals surface area contributed by atoms with Gasteiger partial charge in [-0.05, 0) is 12.8 Å². The molecule has 0 rings (SSSR count). The molecule has 10 heteroatoms. The second-order valence-electron chi connectivity index (χ2n) is 3.32. The minimum absolute atomic E-state index is 0.0915. The van der Waals surface area contributed by atoms with Crippen molar-refractivity contribution in [3.8, 4) is 0 Å². The predicted octanol–water partition coefficient (Wildman–Crippen LogP) is -1.56. The van der Waals surface area contributed by atoms with E-state index >= 15 is 0 Å². The molecule has 2 N–H and O–H groups in total. The Balaban J connectivity index is 3.64. The van der Waals surface area contributed by atoms with Gasteiger partial charge >= 0.3 is 0 Å². The molecule has 0 bridgehead atoms. The predicted molar refractivity (Wildman–Crippen MR) is 62.9 cm³/mol. The van der Waals surface area contributed by atoms with E-state index in [2.05, 4.69) is 8.37 Å². The van der Waals surface area contributed by atoms with E-state index in [1.807, 2.05) is 0 Å². The quantitative estimate of drug-likeness (QED) is 0.347. The van der Waals surface area contributed by atoms with Crippen LogP contribution in [0.2, 0.25) is 0 Å². The molecule has 0 aromatic heterocycles. The van der Waals surface area contributed by atoms with Crippen LogP contribution >= 0.6 is 0 Å². The number of aliphatic hydroxyl groups excluding tert-OH is 2. The van der Waals surface area contributed by atoms with Gasteiger partial charge in [0.1, 0.15) is 0 Å². The molecule has 0 aliphatic rings. The summed E-state index contributed by atoms with van der Waals surface area (Å²) >= 11 is 0. The molecule has 110 valence electrons. The fourth-order valence-electron chi connectivity index (χ4n) is 0.917. The van der Waals surface area contributed by atoms with Crippen molar-refractivity contribution >= 4 is 20.2 Å². The zero-order chi connectivity index (χ0) is 14.1. The standard InChI is InChI=1S/C8H18O8S2/c9-3-7-17(11,12)15-5-1-2-6-16-18(13,14)8-4-10/h9-10H,1-8H2. The first-order valence-corrected chi connectivity index (χ1v) is 8.44. The van der Waals surface area contributed by atoms with Gasteiger partial charge in [-0.2, -0.15) is 16.8 Å². The maximum absolute atomic E-state index is 11.0. The van der Waals surface area contributed by atoms with Crippen LogP contribution in [0.15, 0.2) is 0 Å². The summed E-state index contributed by atoms with van der Waals surface area (Å²) in [6.07, 6.45) is 0.610. The Kier molecular flexibility index (Phi) is 8.65. The summed E-state index contributed by atoms with van der Waals surface area (Å²) in [7, 11) is -7.40. The Morgan fingerprint density at radius 2 is 1.06 bits per heavy atom. The average molecular weight is 306 g/mol. The molecule has 0 aromatic carbocycles. The Bertz CT molecular complexity index is 359. The monoisotopic (exact) mass is 306 g/mol. The number of hydrogen-bond donors (Lipinski definition) is 2. The molecule has 0 radical (unpaired) electrons. The van der Waals surface area contributed by atoms with Crippen LogP contribution in [-0.2, 0) is 28.6 Å². The highest BCUT2D eigenvalue weighted by molar-refractivity contribution is 7.86. The highest BCUT2D eigenvalue weighted by Gasteiger charge is 2.11. The van der Waals surface area contributed by atoms with Gasteiger partial charge in [-0.3, -0.25) is 8.37 Å². The van der Waals surface area contributed by atoms with Crippen LogP contribution in [0, 0.1) is 0 Å². The van der Waals surface area contributed by atoms with Crippen molar-refractivity contribution in [2.75, 3.05) is 37.9 Å². The van der Waals surface area contributed by atoms with Gasteiger partial charge in [0.25, 0.3) is 20.2 Å². The van der Waals surface area contributed by atoms with Crippen molar-refractivity contribution in [1.82, 2.24) is 0 Å². The molecule has 0 aliphatic carbocycles. The second kappa shape index (κ2) is 8.77. The van der Waals surface area contributed by atoms with E-state index in [9.17, 15) is 16.8 Å². The maximum atomic E-state index is 11.0. The first kappa shape index (κ1) is 17.7. The summed E-state index contributed by atoms with van der Waals surface area (Å²) in [6.45, 7) is -1.20. The van der Waals surface area contributed by atoms with Crippen molar-refractivity contribution in [3.63, 3.8) is 0 Å². The Labute approximate surface area is 107 Å². The lowest BCUT2D eigenvalue weighted by molar-refractivity contribution is 0.260.